The second-order valence-electron chi connectivity index (χ2n) is 2.33. The summed E-state index contributed by atoms with van der Waals surface area (Å²) >= 11 is 0. The van der Waals surface area contributed by atoms with Crippen LogP contribution in [0.2, 0.25) is 0 Å². The lowest BCUT2D eigenvalue weighted by atomic mass is 10.1. The lowest BCUT2D eigenvalue weighted by molar-refractivity contribution is -0.183. The fourth-order valence-corrected chi connectivity index (χ4v) is 0.783. The van der Waals surface area contributed by atoms with Crippen molar-refractivity contribution in [1.29, 1.82) is 0 Å². The van der Waals surface area contributed by atoms with Gasteiger partial charge < -0.3 is 25.2 Å². The molecule has 6 nitrogen and oxygen atoms in total. The third-order valence-electron chi connectivity index (χ3n) is 1.42. The Bertz CT molecular complexity index is 222. The lowest BCUT2D eigenvalue weighted by Crippen LogP contribution is -2.42. The highest BCUT2D eigenvalue weighted by atomic mass is 16.6. The molecule has 6 heteroatoms. The second-order valence-corrected chi connectivity index (χ2v) is 2.33. The first-order chi connectivity index (χ1) is 5.52. The van der Waals surface area contributed by atoms with E-state index in [1.807, 2.05) is 0 Å². The maximum absolute atomic E-state index is 10.3. The fourth-order valence-electron chi connectivity index (χ4n) is 0.783. The molecule has 0 amide bonds. The average Bonchev–Trinajstić information content (AvgIpc) is 1.99. The SMILES string of the molecule is O=C(O)C1=C[C@@H](O)C(O)[C@H](O)O1. The van der Waals surface area contributed by atoms with E-state index in [9.17, 15) is 4.79 Å². The molecule has 0 aromatic rings. The van der Waals surface area contributed by atoms with Crippen LogP contribution in [0.3, 0.4) is 0 Å². The van der Waals surface area contributed by atoms with Crippen molar-refractivity contribution in [3.8, 4) is 0 Å². The Morgan fingerprint density at radius 3 is 2.42 bits per heavy atom. The minimum atomic E-state index is -1.70. The predicted molar refractivity (Wildman–Crippen MR) is 34.8 cm³/mol. The van der Waals surface area contributed by atoms with E-state index in [1.165, 1.54) is 0 Å². The number of aliphatic carboxylic acids is 1. The molecular formula is C6H8O6. The van der Waals surface area contributed by atoms with Gasteiger partial charge in [0.1, 0.15) is 12.2 Å². The molecule has 12 heavy (non-hydrogen) atoms. The summed E-state index contributed by atoms with van der Waals surface area (Å²) in [6.07, 6.45) is -3.80. The molecule has 0 saturated heterocycles. The van der Waals surface area contributed by atoms with Gasteiger partial charge in [-0.05, 0) is 6.08 Å². The van der Waals surface area contributed by atoms with Crippen LogP contribution in [0.25, 0.3) is 0 Å². The summed E-state index contributed by atoms with van der Waals surface area (Å²) in [6.45, 7) is 0. The molecule has 0 aliphatic carbocycles. The summed E-state index contributed by atoms with van der Waals surface area (Å²) in [7, 11) is 0. The van der Waals surface area contributed by atoms with Crippen molar-refractivity contribution in [2.75, 3.05) is 0 Å². The molecule has 0 radical (unpaired) electrons. The van der Waals surface area contributed by atoms with Crippen LogP contribution in [-0.4, -0.2) is 44.9 Å². The van der Waals surface area contributed by atoms with E-state index in [1.54, 1.807) is 0 Å². The molecule has 1 aliphatic rings. The molecule has 68 valence electrons. The van der Waals surface area contributed by atoms with Crippen LogP contribution in [0.1, 0.15) is 0 Å². The summed E-state index contributed by atoms with van der Waals surface area (Å²) in [5.41, 5.74) is 0. The fraction of sp³-hybridized carbons (Fsp3) is 0.500. The quantitative estimate of drug-likeness (QED) is 0.369. The van der Waals surface area contributed by atoms with Gasteiger partial charge in [0, 0.05) is 0 Å². The Morgan fingerprint density at radius 2 is 2.00 bits per heavy atom. The summed E-state index contributed by atoms with van der Waals surface area (Å²) in [5, 5.41) is 35.0. The second kappa shape index (κ2) is 3.10. The van der Waals surface area contributed by atoms with Gasteiger partial charge >= 0.3 is 5.97 Å². The van der Waals surface area contributed by atoms with Gasteiger partial charge in [0.15, 0.2) is 0 Å². The molecule has 1 rings (SSSR count). The van der Waals surface area contributed by atoms with Crippen LogP contribution in [0.4, 0.5) is 0 Å². The number of rotatable bonds is 1. The monoisotopic (exact) mass is 176 g/mol. The van der Waals surface area contributed by atoms with Crippen LogP contribution in [-0.2, 0) is 9.53 Å². The number of ether oxygens (including phenoxy) is 1. The number of hydrogen-bond acceptors (Lipinski definition) is 5. The first-order valence-electron chi connectivity index (χ1n) is 3.18. The molecule has 0 spiro atoms. The zero-order valence-electron chi connectivity index (χ0n) is 5.91. The van der Waals surface area contributed by atoms with Crippen LogP contribution < -0.4 is 0 Å². The summed E-state index contributed by atoms with van der Waals surface area (Å²) in [4.78, 5) is 10.3. The third kappa shape index (κ3) is 1.55. The Kier molecular flexibility index (Phi) is 2.32. The Balaban J connectivity index is 2.81. The smallest absolute Gasteiger partial charge is 0.371 e. The molecule has 1 unspecified atom stereocenters. The van der Waals surface area contributed by atoms with E-state index >= 15 is 0 Å². The summed E-state index contributed by atoms with van der Waals surface area (Å²) in [5.74, 6) is -1.97. The zero-order valence-corrected chi connectivity index (χ0v) is 5.91. The van der Waals surface area contributed by atoms with Crippen molar-refractivity contribution in [3.05, 3.63) is 11.8 Å². The van der Waals surface area contributed by atoms with Crippen molar-refractivity contribution >= 4 is 5.97 Å². The topological polar surface area (TPSA) is 107 Å². The molecule has 3 atom stereocenters. The van der Waals surface area contributed by atoms with Gasteiger partial charge in [-0.2, -0.15) is 0 Å². The van der Waals surface area contributed by atoms with Crippen molar-refractivity contribution < 1.29 is 30.0 Å². The molecule has 0 bridgehead atoms. The van der Waals surface area contributed by atoms with E-state index in [4.69, 9.17) is 20.4 Å². The van der Waals surface area contributed by atoms with Gasteiger partial charge in [0.05, 0.1) is 0 Å². The molecule has 1 heterocycles. The van der Waals surface area contributed by atoms with Gasteiger partial charge in [-0.25, -0.2) is 4.79 Å². The number of aliphatic hydroxyl groups excluding tert-OH is 3. The van der Waals surface area contributed by atoms with E-state index in [0.29, 0.717) is 0 Å². The third-order valence-corrected chi connectivity index (χ3v) is 1.42. The van der Waals surface area contributed by atoms with Crippen molar-refractivity contribution in [2.45, 2.75) is 18.5 Å². The molecule has 4 N–H and O–H groups in total. The molecule has 0 fully saturated rings. The van der Waals surface area contributed by atoms with E-state index in [2.05, 4.69) is 4.74 Å². The highest BCUT2D eigenvalue weighted by Crippen LogP contribution is 2.16. The minimum Gasteiger partial charge on any atom is -0.475 e. The van der Waals surface area contributed by atoms with Gasteiger partial charge in [-0.3, -0.25) is 0 Å². The van der Waals surface area contributed by atoms with E-state index in [0.717, 1.165) is 6.08 Å². The Labute approximate surface area is 67.3 Å². The largest absolute Gasteiger partial charge is 0.475 e. The normalized spacial score (nSPS) is 35.2. The van der Waals surface area contributed by atoms with Gasteiger partial charge in [0.2, 0.25) is 12.0 Å². The van der Waals surface area contributed by atoms with Crippen LogP contribution in [0, 0.1) is 0 Å². The number of carbonyl (C=O) groups is 1. The first-order valence-corrected chi connectivity index (χ1v) is 3.18. The minimum absolute atomic E-state index is 0.569. The number of carboxylic acids is 1. The number of carboxylic acid groups (broad SMARTS) is 1. The molecule has 1 aliphatic heterocycles. The highest BCUT2D eigenvalue weighted by molar-refractivity contribution is 5.84. The maximum Gasteiger partial charge on any atom is 0.371 e. The molecule has 0 saturated carbocycles. The zero-order chi connectivity index (χ0) is 9.30. The standard InChI is InChI=1S/C6H8O6/c7-2-1-3(5(9)10)12-6(11)4(2)8/h1-2,4,6-8,11H,(H,9,10)/t2-,4?,6-/m1/s1. The van der Waals surface area contributed by atoms with E-state index < -0.39 is 30.2 Å². The van der Waals surface area contributed by atoms with Gasteiger partial charge in [0.25, 0.3) is 0 Å². The molecule has 0 aromatic heterocycles. The van der Waals surface area contributed by atoms with E-state index in [-0.39, 0.29) is 0 Å². The summed E-state index contributed by atoms with van der Waals surface area (Å²) < 4.78 is 4.34. The van der Waals surface area contributed by atoms with Gasteiger partial charge in [-0.15, -0.1) is 0 Å². The van der Waals surface area contributed by atoms with Crippen molar-refractivity contribution in [3.63, 3.8) is 0 Å². The molecular weight excluding hydrogens is 168 g/mol. The summed E-state index contributed by atoms with van der Waals surface area (Å²) in [6, 6.07) is 0. The maximum atomic E-state index is 10.3. The average molecular weight is 176 g/mol. The first kappa shape index (κ1) is 8.98. The van der Waals surface area contributed by atoms with Crippen molar-refractivity contribution in [1.82, 2.24) is 0 Å². The van der Waals surface area contributed by atoms with Gasteiger partial charge in [-0.1, -0.05) is 0 Å². The lowest BCUT2D eigenvalue weighted by Gasteiger charge is -2.26. The Hall–Kier alpha value is -1.11. The van der Waals surface area contributed by atoms with Crippen LogP contribution in [0.15, 0.2) is 11.8 Å². The number of aliphatic hydroxyl groups is 3. The number of hydrogen-bond donors (Lipinski definition) is 4. The predicted octanol–water partition coefficient (Wildman–Crippen LogP) is -1.97. The van der Waals surface area contributed by atoms with Crippen LogP contribution >= 0.6 is 0 Å². The highest BCUT2D eigenvalue weighted by Gasteiger charge is 2.32. The molecule has 0 aromatic carbocycles. The Morgan fingerprint density at radius 1 is 1.42 bits per heavy atom. The van der Waals surface area contributed by atoms with Crippen molar-refractivity contribution in [2.24, 2.45) is 0 Å². The van der Waals surface area contributed by atoms with Crippen LogP contribution in [0.5, 0.6) is 0 Å².